The minimum absolute atomic E-state index is 0.0219. The summed E-state index contributed by atoms with van der Waals surface area (Å²) in [7, 11) is -4.27. The van der Waals surface area contributed by atoms with Crippen LogP contribution < -0.4 is 9.50 Å². The third-order valence-electron chi connectivity index (χ3n) is 6.77. The van der Waals surface area contributed by atoms with E-state index >= 15 is 0 Å². The number of aryl methyl sites for hydroxylation is 1. The van der Waals surface area contributed by atoms with Gasteiger partial charge in [-0.2, -0.15) is 8.42 Å². The molecule has 2 fully saturated rings. The van der Waals surface area contributed by atoms with E-state index in [0.717, 1.165) is 12.0 Å². The van der Waals surface area contributed by atoms with Crippen LogP contribution in [0.3, 0.4) is 0 Å². The predicted molar refractivity (Wildman–Crippen MR) is 118 cm³/mol. The fraction of sp³-hybridized carbons (Fsp3) is 0.435. The van der Waals surface area contributed by atoms with Crippen LogP contribution in [0.5, 0.6) is 5.75 Å². The minimum Gasteiger partial charge on any atom is -0.379 e. The molecule has 0 unspecified atom stereocenters. The molecule has 9 heteroatoms. The van der Waals surface area contributed by atoms with Gasteiger partial charge in [-0.1, -0.05) is 12.5 Å². The Morgan fingerprint density at radius 2 is 1.88 bits per heavy atom. The number of carbonyl (C=O) groups is 1. The largest absolute Gasteiger partial charge is 0.379 e. The summed E-state index contributed by atoms with van der Waals surface area (Å²) < 4.78 is 30.4. The predicted octanol–water partition coefficient (Wildman–Crippen LogP) is 4.23. The van der Waals surface area contributed by atoms with E-state index in [1.165, 1.54) is 69.0 Å². The molecule has 32 heavy (non-hydrogen) atoms. The first kappa shape index (κ1) is 22.3. The normalized spacial score (nSPS) is 23.0. The average Bonchev–Trinajstić information content (AvgIpc) is 3.37. The molecule has 0 heterocycles. The van der Waals surface area contributed by atoms with Crippen LogP contribution in [-0.2, 0) is 10.1 Å². The molecule has 170 valence electrons. The molecule has 0 spiro atoms. The Morgan fingerprint density at radius 3 is 2.47 bits per heavy atom. The number of hydrogen-bond donors (Lipinski definition) is 1. The molecule has 2 saturated carbocycles. The highest BCUT2D eigenvalue weighted by atomic mass is 32.2. The van der Waals surface area contributed by atoms with E-state index in [-0.39, 0.29) is 28.3 Å². The molecular formula is C23H26N2O6S. The molecule has 2 aromatic rings. The number of hydrogen-bond acceptors (Lipinski definition) is 6. The second-order valence-electron chi connectivity index (χ2n) is 8.87. The number of non-ortho nitro benzene ring substituents is 1. The molecule has 0 aliphatic heterocycles. The minimum atomic E-state index is -4.27. The van der Waals surface area contributed by atoms with E-state index < -0.39 is 15.0 Å². The van der Waals surface area contributed by atoms with Gasteiger partial charge in [-0.25, -0.2) is 0 Å². The third kappa shape index (κ3) is 4.48. The smallest absolute Gasteiger partial charge is 0.339 e. The molecule has 4 rings (SSSR count). The SMILES string of the molecule is Cc1ccc([N+](=O)[O-])cc1S(=O)(=O)Oc1ccc(C(=O)N[C@H](C)[C@H]2C[C@H]3CC[C@H]2C3)cc1. The molecule has 1 N–H and O–H groups in total. The number of carbonyl (C=O) groups excluding carboxylic acids is 1. The molecule has 4 atom stereocenters. The molecule has 2 aliphatic carbocycles. The lowest BCUT2D eigenvalue weighted by atomic mass is 9.84. The van der Waals surface area contributed by atoms with Crippen molar-refractivity contribution >= 4 is 21.7 Å². The van der Waals surface area contributed by atoms with Gasteiger partial charge in [0.25, 0.3) is 11.6 Å². The first-order valence-electron chi connectivity index (χ1n) is 10.7. The number of nitrogens with zero attached hydrogens (tertiary/aromatic N) is 1. The molecule has 8 nitrogen and oxygen atoms in total. The van der Waals surface area contributed by atoms with E-state index in [4.69, 9.17) is 4.18 Å². The van der Waals surface area contributed by atoms with Crippen molar-refractivity contribution in [3.8, 4) is 5.75 Å². The number of nitro benzene ring substituents is 1. The summed E-state index contributed by atoms with van der Waals surface area (Å²) in [6.45, 7) is 3.58. The second kappa shape index (κ2) is 8.54. The van der Waals surface area contributed by atoms with Gasteiger partial charge < -0.3 is 9.50 Å². The Morgan fingerprint density at radius 1 is 1.16 bits per heavy atom. The Hall–Kier alpha value is -2.94. The van der Waals surface area contributed by atoms with Crippen LogP contribution in [0.1, 0.15) is 48.5 Å². The summed E-state index contributed by atoms with van der Waals surface area (Å²) in [5.41, 5.74) is 0.409. The van der Waals surface area contributed by atoms with E-state index in [0.29, 0.717) is 23.0 Å². The van der Waals surface area contributed by atoms with Crippen molar-refractivity contribution in [3.05, 3.63) is 63.7 Å². The highest BCUT2D eigenvalue weighted by Gasteiger charge is 2.42. The highest BCUT2D eigenvalue weighted by Crippen LogP contribution is 2.49. The van der Waals surface area contributed by atoms with Crippen molar-refractivity contribution in [3.63, 3.8) is 0 Å². The lowest BCUT2D eigenvalue weighted by Gasteiger charge is -2.28. The fourth-order valence-corrected chi connectivity index (χ4v) is 6.29. The topological polar surface area (TPSA) is 116 Å². The maximum Gasteiger partial charge on any atom is 0.339 e. The van der Waals surface area contributed by atoms with Crippen LogP contribution in [0.2, 0.25) is 0 Å². The Bertz CT molecular complexity index is 1150. The molecule has 1 amide bonds. The van der Waals surface area contributed by atoms with Crippen LogP contribution >= 0.6 is 0 Å². The molecule has 0 radical (unpaired) electrons. The van der Waals surface area contributed by atoms with Gasteiger partial charge in [0, 0.05) is 23.7 Å². The lowest BCUT2D eigenvalue weighted by molar-refractivity contribution is -0.385. The van der Waals surface area contributed by atoms with Crippen LogP contribution in [-0.4, -0.2) is 25.3 Å². The van der Waals surface area contributed by atoms with E-state index in [1.807, 2.05) is 0 Å². The standard InChI is InChI=1S/C23H26N2O6S/c1-14-3-8-19(25(27)28)13-22(14)32(29,30)31-20-9-6-17(7-10-20)23(26)24-15(2)21-12-16-4-5-18(21)11-16/h3,6-10,13,15-16,18,21H,4-5,11-12H2,1-2H3,(H,24,26)/t15-,16+,18+,21-/m1/s1. The van der Waals surface area contributed by atoms with Gasteiger partial charge in [-0.15, -0.1) is 0 Å². The van der Waals surface area contributed by atoms with Crippen molar-refractivity contribution in [1.82, 2.24) is 5.32 Å². The van der Waals surface area contributed by atoms with E-state index in [1.54, 1.807) is 0 Å². The number of rotatable bonds is 7. The quantitative estimate of drug-likeness (QED) is 0.377. The summed E-state index contributed by atoms with van der Waals surface area (Å²) in [5, 5.41) is 14.1. The number of nitro groups is 1. The molecule has 2 aliphatic rings. The van der Waals surface area contributed by atoms with Gasteiger partial charge in [0.05, 0.1) is 4.92 Å². The first-order chi connectivity index (χ1) is 15.1. The van der Waals surface area contributed by atoms with Gasteiger partial charge in [0.15, 0.2) is 0 Å². The summed E-state index contributed by atoms with van der Waals surface area (Å²) in [4.78, 5) is 22.7. The highest BCUT2D eigenvalue weighted by molar-refractivity contribution is 7.87. The maximum absolute atomic E-state index is 12.6. The van der Waals surface area contributed by atoms with Gasteiger partial charge >= 0.3 is 10.1 Å². The zero-order valence-corrected chi connectivity index (χ0v) is 18.8. The average molecular weight is 459 g/mol. The van der Waals surface area contributed by atoms with Gasteiger partial charge in [-0.3, -0.25) is 14.9 Å². The van der Waals surface area contributed by atoms with Gasteiger partial charge in [-0.05, 0) is 80.7 Å². The van der Waals surface area contributed by atoms with Crippen LogP contribution in [0.4, 0.5) is 5.69 Å². The van der Waals surface area contributed by atoms with Crippen molar-refractivity contribution in [2.45, 2.75) is 50.5 Å². The number of amides is 1. The molecular weight excluding hydrogens is 432 g/mol. The van der Waals surface area contributed by atoms with Crippen LogP contribution in [0.25, 0.3) is 0 Å². The summed E-state index contributed by atoms with van der Waals surface area (Å²) in [6, 6.07) is 9.48. The fourth-order valence-electron chi connectivity index (χ4n) is 5.11. The van der Waals surface area contributed by atoms with Gasteiger partial charge in [0.1, 0.15) is 10.6 Å². The van der Waals surface area contributed by atoms with Crippen molar-refractivity contribution in [2.24, 2.45) is 17.8 Å². The molecule has 2 aromatic carbocycles. The third-order valence-corrected chi connectivity index (χ3v) is 8.16. The molecule has 2 bridgehead atoms. The van der Waals surface area contributed by atoms with E-state index in [2.05, 4.69) is 12.2 Å². The molecule has 0 aromatic heterocycles. The van der Waals surface area contributed by atoms with Crippen LogP contribution in [0.15, 0.2) is 47.4 Å². The van der Waals surface area contributed by atoms with Crippen molar-refractivity contribution in [2.75, 3.05) is 0 Å². The number of nitrogens with one attached hydrogen (secondary N) is 1. The van der Waals surface area contributed by atoms with Gasteiger partial charge in [0.2, 0.25) is 0 Å². The second-order valence-corrected chi connectivity index (χ2v) is 10.4. The summed E-state index contributed by atoms with van der Waals surface area (Å²) >= 11 is 0. The van der Waals surface area contributed by atoms with E-state index in [9.17, 15) is 23.3 Å². The van der Waals surface area contributed by atoms with Crippen molar-refractivity contribution in [1.29, 1.82) is 0 Å². The summed E-state index contributed by atoms with van der Waals surface area (Å²) in [5.74, 6) is 1.84. The Balaban J connectivity index is 1.43. The summed E-state index contributed by atoms with van der Waals surface area (Å²) in [6.07, 6.45) is 5.01. The number of benzene rings is 2. The maximum atomic E-state index is 12.6. The number of fused-ring (bicyclic) bond motifs is 2. The Labute approximate surface area is 187 Å². The zero-order valence-electron chi connectivity index (χ0n) is 18.0. The zero-order chi connectivity index (χ0) is 23.0. The van der Waals surface area contributed by atoms with Crippen molar-refractivity contribution < 1.29 is 22.3 Å². The lowest BCUT2D eigenvalue weighted by Crippen LogP contribution is -2.40. The monoisotopic (exact) mass is 458 g/mol. The van der Waals surface area contributed by atoms with Crippen LogP contribution in [0, 0.1) is 34.8 Å². The first-order valence-corrected chi connectivity index (χ1v) is 12.2. The molecule has 0 saturated heterocycles. The Kier molecular flexibility index (Phi) is 5.94.